The van der Waals surface area contributed by atoms with Crippen LogP contribution in [0.2, 0.25) is 0 Å². The molecule has 0 aliphatic heterocycles. The second-order valence-corrected chi connectivity index (χ2v) is 6.08. The van der Waals surface area contributed by atoms with E-state index < -0.39 is 0 Å². The van der Waals surface area contributed by atoms with Crippen molar-refractivity contribution in [3.05, 3.63) is 35.6 Å². The van der Waals surface area contributed by atoms with Crippen molar-refractivity contribution >= 4 is 17.5 Å². The number of thioether (sulfide) groups is 1. The first-order valence-corrected chi connectivity index (χ1v) is 7.27. The molecule has 5 nitrogen and oxygen atoms in total. The number of carbonyl (C=O) groups excluding carboxylic acids is 1. The third kappa shape index (κ3) is 2.72. The van der Waals surface area contributed by atoms with E-state index in [-0.39, 0.29) is 16.9 Å². The van der Waals surface area contributed by atoms with Crippen molar-refractivity contribution in [3.63, 3.8) is 0 Å². The topological polar surface area (TPSA) is 60.7 Å². The molecule has 2 aromatic rings. The summed E-state index contributed by atoms with van der Waals surface area (Å²) in [5, 5.41) is 11.9. The average molecular weight is 292 g/mol. The zero-order valence-corrected chi connectivity index (χ0v) is 11.7. The van der Waals surface area contributed by atoms with Gasteiger partial charge in [0.05, 0.1) is 11.3 Å². The van der Waals surface area contributed by atoms with Crippen LogP contribution in [0.3, 0.4) is 0 Å². The van der Waals surface area contributed by atoms with Crippen LogP contribution in [0.25, 0.3) is 0 Å². The van der Waals surface area contributed by atoms with Gasteiger partial charge >= 0.3 is 0 Å². The zero-order chi connectivity index (χ0) is 14.1. The van der Waals surface area contributed by atoms with Crippen LogP contribution < -0.4 is 0 Å². The first kappa shape index (κ1) is 13.2. The summed E-state index contributed by atoms with van der Waals surface area (Å²) in [6.45, 7) is 1.81. The number of aromatic nitrogens is 4. The number of halogens is 1. The smallest absolute Gasteiger partial charge is 0.210 e. The van der Waals surface area contributed by atoms with Gasteiger partial charge in [-0.3, -0.25) is 4.79 Å². The van der Waals surface area contributed by atoms with Gasteiger partial charge in [0.2, 0.25) is 5.16 Å². The standard InChI is InChI=1S/C13H13FN4OS/c1-8(12(19)9-2-4-10(14)5-3-9)20-13-15-16-17-18(13)11-6-7-11/h2-5,8,11H,6-7H2,1H3/t8-/m0/s1. The normalized spacial score (nSPS) is 16.1. The molecule has 0 unspecified atom stereocenters. The molecule has 0 N–H and O–H groups in total. The minimum Gasteiger partial charge on any atom is -0.293 e. The minimum absolute atomic E-state index is 0.0552. The maximum atomic E-state index is 12.9. The molecule has 0 amide bonds. The molecule has 1 aliphatic rings. The Balaban J connectivity index is 1.72. The number of Topliss-reactive ketones (excluding diaryl/α,β-unsaturated/α-hetero) is 1. The van der Waals surface area contributed by atoms with Crippen molar-refractivity contribution in [3.8, 4) is 0 Å². The number of rotatable bonds is 5. The van der Waals surface area contributed by atoms with Crippen LogP contribution >= 0.6 is 11.8 Å². The molecule has 1 aliphatic carbocycles. The Bertz CT molecular complexity index is 624. The fourth-order valence-corrected chi connectivity index (χ4v) is 2.81. The minimum atomic E-state index is -0.348. The highest BCUT2D eigenvalue weighted by molar-refractivity contribution is 8.00. The van der Waals surface area contributed by atoms with E-state index in [2.05, 4.69) is 15.5 Å². The maximum absolute atomic E-state index is 12.9. The fourth-order valence-electron chi connectivity index (χ4n) is 1.87. The molecule has 0 saturated heterocycles. The Labute approximate surface area is 119 Å². The quantitative estimate of drug-likeness (QED) is 0.626. The molecule has 1 heterocycles. The van der Waals surface area contributed by atoms with Gasteiger partial charge in [-0.15, -0.1) is 5.10 Å². The third-order valence-corrected chi connectivity index (χ3v) is 4.18. The van der Waals surface area contributed by atoms with Gasteiger partial charge in [0.1, 0.15) is 5.82 Å². The van der Waals surface area contributed by atoms with Crippen LogP contribution in [0, 0.1) is 5.82 Å². The number of ketones is 1. The van der Waals surface area contributed by atoms with Gasteiger partial charge < -0.3 is 0 Å². The molecule has 1 aromatic carbocycles. The van der Waals surface area contributed by atoms with Crippen LogP contribution in [-0.2, 0) is 0 Å². The predicted molar refractivity (Wildman–Crippen MR) is 72.1 cm³/mol. The van der Waals surface area contributed by atoms with Gasteiger partial charge in [-0.05, 0) is 54.5 Å². The highest BCUT2D eigenvalue weighted by atomic mass is 32.2. The van der Waals surface area contributed by atoms with Gasteiger partial charge in [-0.25, -0.2) is 9.07 Å². The summed E-state index contributed by atoms with van der Waals surface area (Å²) in [4.78, 5) is 12.3. The van der Waals surface area contributed by atoms with Gasteiger partial charge in [-0.2, -0.15) is 0 Å². The van der Waals surface area contributed by atoms with E-state index in [1.807, 2.05) is 6.92 Å². The summed E-state index contributed by atoms with van der Waals surface area (Å²) in [5.74, 6) is -0.403. The lowest BCUT2D eigenvalue weighted by Gasteiger charge is -2.09. The summed E-state index contributed by atoms with van der Waals surface area (Å²) < 4.78 is 14.6. The SMILES string of the molecule is C[C@H](Sc1nnnn1C1CC1)C(=O)c1ccc(F)cc1. The molecule has 3 rings (SSSR count). The summed E-state index contributed by atoms with van der Waals surface area (Å²) in [6.07, 6.45) is 2.16. The molecule has 1 aromatic heterocycles. The van der Waals surface area contributed by atoms with E-state index >= 15 is 0 Å². The first-order chi connectivity index (χ1) is 9.65. The molecular weight excluding hydrogens is 279 g/mol. The van der Waals surface area contributed by atoms with Gasteiger partial charge in [0.15, 0.2) is 5.78 Å². The van der Waals surface area contributed by atoms with Crippen LogP contribution in [-0.4, -0.2) is 31.2 Å². The van der Waals surface area contributed by atoms with Gasteiger partial charge in [-0.1, -0.05) is 11.8 Å². The number of carbonyl (C=O) groups is 1. The highest BCUT2D eigenvalue weighted by Gasteiger charge is 2.29. The molecule has 104 valence electrons. The van der Waals surface area contributed by atoms with Crippen molar-refractivity contribution in [2.75, 3.05) is 0 Å². The molecule has 7 heteroatoms. The first-order valence-electron chi connectivity index (χ1n) is 6.39. The molecule has 1 fully saturated rings. The van der Waals surface area contributed by atoms with Crippen molar-refractivity contribution in [2.45, 2.75) is 36.2 Å². The van der Waals surface area contributed by atoms with Crippen LogP contribution in [0.15, 0.2) is 29.4 Å². The van der Waals surface area contributed by atoms with Crippen LogP contribution in [0.1, 0.15) is 36.2 Å². The van der Waals surface area contributed by atoms with Gasteiger partial charge in [0, 0.05) is 5.56 Å². The number of nitrogens with zero attached hydrogens (tertiary/aromatic N) is 4. The molecule has 0 radical (unpaired) electrons. The molecule has 1 atom stereocenters. The lowest BCUT2D eigenvalue weighted by molar-refractivity contribution is 0.0994. The summed E-state index contributed by atoms with van der Waals surface area (Å²) >= 11 is 1.34. The van der Waals surface area contributed by atoms with E-state index in [1.165, 1.54) is 36.0 Å². The highest BCUT2D eigenvalue weighted by Crippen LogP contribution is 2.37. The number of tetrazole rings is 1. The second kappa shape index (κ2) is 5.32. The zero-order valence-electron chi connectivity index (χ0n) is 10.9. The monoisotopic (exact) mass is 292 g/mol. The Morgan fingerprint density at radius 2 is 2.10 bits per heavy atom. The molecular formula is C13H13FN4OS. The number of hydrogen-bond donors (Lipinski definition) is 0. The van der Waals surface area contributed by atoms with Crippen molar-refractivity contribution in [2.24, 2.45) is 0 Å². The lowest BCUT2D eigenvalue weighted by Crippen LogP contribution is -2.14. The van der Waals surface area contributed by atoms with Crippen molar-refractivity contribution < 1.29 is 9.18 Å². The Hall–Kier alpha value is -1.76. The molecule has 0 bridgehead atoms. The average Bonchev–Trinajstić information content (AvgIpc) is 3.19. The molecule has 1 saturated carbocycles. The third-order valence-electron chi connectivity index (χ3n) is 3.14. The van der Waals surface area contributed by atoms with E-state index in [1.54, 1.807) is 4.68 Å². The molecule has 0 spiro atoms. The second-order valence-electron chi connectivity index (χ2n) is 4.77. The summed E-state index contributed by atoms with van der Waals surface area (Å²) in [6, 6.07) is 5.95. The number of benzene rings is 1. The fraction of sp³-hybridized carbons (Fsp3) is 0.385. The largest absolute Gasteiger partial charge is 0.293 e. The van der Waals surface area contributed by atoms with Crippen molar-refractivity contribution in [1.29, 1.82) is 0 Å². The Kier molecular flexibility index (Phi) is 3.52. The summed E-state index contributed by atoms with van der Waals surface area (Å²) in [5.41, 5.74) is 0.497. The lowest BCUT2D eigenvalue weighted by atomic mass is 10.1. The predicted octanol–water partition coefficient (Wildman–Crippen LogP) is 2.51. The van der Waals surface area contributed by atoms with E-state index in [4.69, 9.17) is 0 Å². The van der Waals surface area contributed by atoms with E-state index in [0.717, 1.165) is 12.8 Å². The van der Waals surface area contributed by atoms with Crippen LogP contribution in [0.4, 0.5) is 4.39 Å². The Morgan fingerprint density at radius 1 is 1.40 bits per heavy atom. The van der Waals surface area contributed by atoms with Crippen molar-refractivity contribution in [1.82, 2.24) is 20.2 Å². The maximum Gasteiger partial charge on any atom is 0.210 e. The number of hydrogen-bond acceptors (Lipinski definition) is 5. The van der Waals surface area contributed by atoms with E-state index in [0.29, 0.717) is 16.8 Å². The van der Waals surface area contributed by atoms with Crippen LogP contribution in [0.5, 0.6) is 0 Å². The Morgan fingerprint density at radius 3 is 2.75 bits per heavy atom. The summed E-state index contributed by atoms with van der Waals surface area (Å²) in [7, 11) is 0. The van der Waals surface area contributed by atoms with Gasteiger partial charge in [0.25, 0.3) is 0 Å². The van der Waals surface area contributed by atoms with E-state index in [9.17, 15) is 9.18 Å². The molecule has 20 heavy (non-hydrogen) atoms.